The number of carbonyl (C=O) groups is 1. The van der Waals surface area contributed by atoms with Crippen molar-refractivity contribution >= 4 is 28.6 Å². The largest absolute Gasteiger partial charge is 0.488 e. The number of nitrogens with zero attached hydrogens (tertiary/aromatic N) is 3. The van der Waals surface area contributed by atoms with Gasteiger partial charge in [0.25, 0.3) is 0 Å². The number of likely N-dealkylation sites (tertiary alicyclic amines) is 1. The van der Waals surface area contributed by atoms with Gasteiger partial charge >= 0.3 is 6.09 Å². The molecule has 0 unspecified atom stereocenters. The van der Waals surface area contributed by atoms with Crippen molar-refractivity contribution in [1.29, 1.82) is 0 Å². The highest BCUT2D eigenvalue weighted by atomic mass is 35.5. The van der Waals surface area contributed by atoms with Crippen molar-refractivity contribution in [3.05, 3.63) is 29.7 Å². The van der Waals surface area contributed by atoms with Crippen LogP contribution in [0.25, 0.3) is 10.9 Å². The molecule has 1 aliphatic rings. The number of rotatable bonds is 2. The molecule has 1 aliphatic heterocycles. The van der Waals surface area contributed by atoms with Crippen LogP contribution in [0.3, 0.4) is 0 Å². The summed E-state index contributed by atoms with van der Waals surface area (Å²) < 4.78 is 11.5. The zero-order valence-corrected chi connectivity index (χ0v) is 15.4. The third kappa shape index (κ3) is 4.51. The van der Waals surface area contributed by atoms with Crippen LogP contribution >= 0.6 is 11.6 Å². The van der Waals surface area contributed by atoms with E-state index in [2.05, 4.69) is 9.97 Å². The van der Waals surface area contributed by atoms with Crippen LogP contribution < -0.4 is 4.74 Å². The van der Waals surface area contributed by atoms with Gasteiger partial charge in [0.05, 0.1) is 0 Å². The molecular weight excluding hydrogens is 342 g/mol. The fourth-order valence-electron chi connectivity index (χ4n) is 2.76. The lowest BCUT2D eigenvalue weighted by Gasteiger charge is -2.33. The molecule has 25 heavy (non-hydrogen) atoms. The highest BCUT2D eigenvalue weighted by Crippen LogP contribution is 2.27. The van der Waals surface area contributed by atoms with Gasteiger partial charge in [-0.1, -0.05) is 12.1 Å². The Labute approximate surface area is 152 Å². The van der Waals surface area contributed by atoms with Gasteiger partial charge in [0.2, 0.25) is 5.28 Å². The Balaban J connectivity index is 1.63. The molecule has 1 fully saturated rings. The van der Waals surface area contributed by atoms with Crippen molar-refractivity contribution in [2.75, 3.05) is 13.1 Å². The Morgan fingerprint density at radius 2 is 2.00 bits per heavy atom. The summed E-state index contributed by atoms with van der Waals surface area (Å²) in [6.07, 6.45) is 2.93. The summed E-state index contributed by atoms with van der Waals surface area (Å²) in [6, 6.07) is 5.71. The highest BCUT2D eigenvalue weighted by molar-refractivity contribution is 6.28. The van der Waals surface area contributed by atoms with Crippen LogP contribution in [0.15, 0.2) is 24.4 Å². The Morgan fingerprint density at radius 3 is 2.68 bits per heavy atom. The Bertz CT molecular complexity index is 768. The normalized spacial score (nSPS) is 16.1. The Morgan fingerprint density at radius 1 is 1.28 bits per heavy atom. The zero-order valence-electron chi connectivity index (χ0n) is 14.7. The minimum Gasteiger partial charge on any atom is -0.488 e. The number of aromatic nitrogens is 2. The molecule has 0 N–H and O–H groups in total. The second-order valence-corrected chi connectivity index (χ2v) is 7.46. The lowest BCUT2D eigenvalue weighted by atomic mass is 10.1. The number of halogens is 1. The monoisotopic (exact) mass is 363 g/mol. The molecule has 1 saturated heterocycles. The van der Waals surface area contributed by atoms with E-state index in [-0.39, 0.29) is 17.5 Å². The van der Waals surface area contributed by atoms with E-state index < -0.39 is 5.60 Å². The van der Waals surface area contributed by atoms with Crippen molar-refractivity contribution in [3.8, 4) is 5.75 Å². The number of carbonyl (C=O) groups excluding carboxylic acids is 1. The summed E-state index contributed by atoms with van der Waals surface area (Å²) in [5.41, 5.74) is 0.226. The molecule has 0 radical (unpaired) electrons. The van der Waals surface area contributed by atoms with E-state index in [1.54, 1.807) is 11.1 Å². The van der Waals surface area contributed by atoms with Crippen LogP contribution in [0, 0.1) is 0 Å². The topological polar surface area (TPSA) is 64.5 Å². The standard InChI is InChI=1S/C18H22ClN3O3/c1-18(2,3)25-17(23)22-9-7-13(8-10-22)24-14-6-4-5-12-11-20-16(19)21-15(12)14/h4-6,11,13H,7-10H2,1-3H3. The number of amides is 1. The maximum Gasteiger partial charge on any atom is 0.410 e. The van der Waals surface area contributed by atoms with Crippen molar-refractivity contribution in [2.24, 2.45) is 0 Å². The van der Waals surface area contributed by atoms with Crippen LogP contribution in [-0.4, -0.2) is 45.8 Å². The van der Waals surface area contributed by atoms with Crippen LogP contribution in [0.4, 0.5) is 4.79 Å². The summed E-state index contributed by atoms with van der Waals surface area (Å²) >= 11 is 5.90. The van der Waals surface area contributed by atoms with Crippen molar-refractivity contribution in [2.45, 2.75) is 45.3 Å². The number of hydrogen-bond acceptors (Lipinski definition) is 5. The number of piperidine rings is 1. The first kappa shape index (κ1) is 17.7. The first-order valence-corrected chi connectivity index (χ1v) is 8.75. The molecule has 0 saturated carbocycles. The second-order valence-electron chi connectivity index (χ2n) is 7.12. The van der Waals surface area contributed by atoms with Gasteiger partial charge in [0.15, 0.2) is 0 Å². The maximum absolute atomic E-state index is 12.1. The van der Waals surface area contributed by atoms with E-state index in [1.165, 1.54) is 0 Å². The molecule has 6 nitrogen and oxygen atoms in total. The SMILES string of the molecule is CC(C)(C)OC(=O)N1CCC(Oc2cccc3cnc(Cl)nc23)CC1. The van der Waals surface area contributed by atoms with Gasteiger partial charge in [-0.05, 0) is 38.4 Å². The molecule has 0 aliphatic carbocycles. The molecule has 2 aromatic rings. The predicted octanol–water partition coefficient (Wildman–Crippen LogP) is 4.06. The van der Waals surface area contributed by atoms with Gasteiger partial charge in [0.1, 0.15) is 23.0 Å². The van der Waals surface area contributed by atoms with Crippen molar-refractivity contribution < 1.29 is 14.3 Å². The Kier molecular flexibility index (Phi) is 4.99. The number of fused-ring (bicyclic) bond motifs is 1. The van der Waals surface area contributed by atoms with Gasteiger partial charge in [-0.2, -0.15) is 0 Å². The van der Waals surface area contributed by atoms with Crippen LogP contribution in [0.1, 0.15) is 33.6 Å². The van der Waals surface area contributed by atoms with Gasteiger partial charge in [-0.3, -0.25) is 0 Å². The fraction of sp³-hybridized carbons (Fsp3) is 0.500. The molecule has 3 rings (SSSR count). The average Bonchev–Trinajstić information content (AvgIpc) is 2.54. The lowest BCUT2D eigenvalue weighted by molar-refractivity contribution is 0.0127. The molecule has 1 aromatic carbocycles. The summed E-state index contributed by atoms with van der Waals surface area (Å²) in [7, 11) is 0. The van der Waals surface area contributed by atoms with E-state index in [0.29, 0.717) is 24.4 Å². The van der Waals surface area contributed by atoms with Gasteiger partial charge in [0, 0.05) is 37.5 Å². The van der Waals surface area contributed by atoms with Gasteiger partial charge in [-0.25, -0.2) is 14.8 Å². The quantitative estimate of drug-likeness (QED) is 0.753. The molecular formula is C18H22ClN3O3. The van der Waals surface area contributed by atoms with Crippen LogP contribution in [-0.2, 0) is 4.74 Å². The smallest absolute Gasteiger partial charge is 0.410 e. The summed E-state index contributed by atoms with van der Waals surface area (Å²) in [5, 5.41) is 1.08. The zero-order chi connectivity index (χ0) is 18.0. The average molecular weight is 364 g/mol. The molecule has 7 heteroatoms. The third-order valence-electron chi connectivity index (χ3n) is 3.93. The van der Waals surface area contributed by atoms with Gasteiger partial charge in [-0.15, -0.1) is 0 Å². The van der Waals surface area contributed by atoms with E-state index in [1.807, 2.05) is 39.0 Å². The molecule has 134 valence electrons. The highest BCUT2D eigenvalue weighted by Gasteiger charge is 2.28. The summed E-state index contributed by atoms with van der Waals surface area (Å²) in [6.45, 7) is 6.83. The molecule has 2 heterocycles. The number of hydrogen-bond donors (Lipinski definition) is 0. The molecule has 0 atom stereocenters. The van der Waals surface area contributed by atoms with E-state index in [9.17, 15) is 4.79 Å². The van der Waals surface area contributed by atoms with Gasteiger partial charge < -0.3 is 14.4 Å². The molecule has 0 bridgehead atoms. The first-order valence-electron chi connectivity index (χ1n) is 8.38. The third-order valence-corrected chi connectivity index (χ3v) is 4.11. The Hall–Kier alpha value is -2.08. The molecule has 1 aromatic heterocycles. The molecule has 0 spiro atoms. The first-order chi connectivity index (χ1) is 11.8. The van der Waals surface area contributed by atoms with Crippen molar-refractivity contribution in [3.63, 3.8) is 0 Å². The minimum atomic E-state index is -0.480. The fourth-order valence-corrected chi connectivity index (χ4v) is 2.90. The number of para-hydroxylation sites is 1. The van der Waals surface area contributed by atoms with E-state index in [4.69, 9.17) is 21.1 Å². The molecule has 1 amide bonds. The van der Waals surface area contributed by atoms with E-state index >= 15 is 0 Å². The maximum atomic E-state index is 12.1. The van der Waals surface area contributed by atoms with Crippen LogP contribution in [0.2, 0.25) is 5.28 Å². The van der Waals surface area contributed by atoms with Crippen molar-refractivity contribution in [1.82, 2.24) is 14.9 Å². The minimum absolute atomic E-state index is 0.0260. The summed E-state index contributed by atoms with van der Waals surface area (Å²) in [4.78, 5) is 22.1. The number of ether oxygens (including phenoxy) is 2. The lowest BCUT2D eigenvalue weighted by Crippen LogP contribution is -2.44. The van der Waals surface area contributed by atoms with E-state index in [0.717, 1.165) is 18.2 Å². The second kappa shape index (κ2) is 7.04. The van der Waals surface area contributed by atoms with Crippen LogP contribution in [0.5, 0.6) is 5.75 Å². The number of benzene rings is 1. The summed E-state index contributed by atoms with van der Waals surface area (Å²) in [5.74, 6) is 0.692. The predicted molar refractivity (Wildman–Crippen MR) is 96.0 cm³/mol.